The third kappa shape index (κ3) is 4.42. The molecule has 0 radical (unpaired) electrons. The first-order chi connectivity index (χ1) is 17.4. The van der Waals surface area contributed by atoms with Crippen molar-refractivity contribution >= 4 is 5.91 Å². The second kappa shape index (κ2) is 9.66. The predicted octanol–water partition coefficient (Wildman–Crippen LogP) is 2.94. The molecule has 0 aliphatic carbocycles. The van der Waals surface area contributed by atoms with Gasteiger partial charge < -0.3 is 19.4 Å². The molecule has 2 N–H and O–H groups in total. The zero-order chi connectivity index (χ0) is 25.4. The Labute approximate surface area is 211 Å². The van der Waals surface area contributed by atoms with Gasteiger partial charge in [0.05, 0.1) is 25.0 Å². The van der Waals surface area contributed by atoms with Crippen LogP contribution < -0.4 is 10.5 Å². The summed E-state index contributed by atoms with van der Waals surface area (Å²) in [7, 11) is 3.59. The lowest BCUT2D eigenvalue weighted by Gasteiger charge is -2.31. The van der Waals surface area contributed by atoms with Gasteiger partial charge in [0, 0.05) is 68.7 Å². The number of rotatable bonds is 7. The summed E-state index contributed by atoms with van der Waals surface area (Å²) in [6, 6.07) is 7.92. The number of nitrogens with zero attached hydrogens (tertiary/aromatic N) is 6. The van der Waals surface area contributed by atoms with E-state index in [1.807, 2.05) is 59.1 Å². The number of aromatic nitrogens is 3. The Morgan fingerprint density at radius 1 is 1.14 bits per heavy atom. The van der Waals surface area contributed by atoms with Crippen LogP contribution in [0.2, 0.25) is 0 Å². The molecule has 0 fully saturated rings. The third-order valence-corrected chi connectivity index (χ3v) is 7.01. The number of carbonyl (C=O) groups is 1. The first-order valence-corrected chi connectivity index (χ1v) is 12.3. The molecule has 0 saturated heterocycles. The van der Waals surface area contributed by atoms with E-state index in [0.29, 0.717) is 19.6 Å². The Hall–Kier alpha value is -3.85. The minimum absolute atomic E-state index is 0.0166. The number of hydrogen-bond acceptors (Lipinski definition) is 7. The van der Waals surface area contributed by atoms with E-state index in [1.165, 1.54) is 0 Å². The first kappa shape index (κ1) is 23.9. The van der Waals surface area contributed by atoms with E-state index in [-0.39, 0.29) is 12.2 Å². The molecule has 5 rings (SSSR count). The molecule has 1 atom stereocenters. The number of amides is 1. The zero-order valence-corrected chi connectivity index (χ0v) is 21.3. The molecule has 3 aromatic rings. The van der Waals surface area contributed by atoms with E-state index in [2.05, 4.69) is 34.2 Å². The van der Waals surface area contributed by atoms with Crippen LogP contribution >= 0.6 is 0 Å². The lowest BCUT2D eigenvalue weighted by atomic mass is 9.88. The Morgan fingerprint density at radius 2 is 1.94 bits per heavy atom. The van der Waals surface area contributed by atoms with Gasteiger partial charge in [-0.15, -0.1) is 0 Å². The highest BCUT2D eigenvalue weighted by Gasteiger charge is 2.29. The summed E-state index contributed by atoms with van der Waals surface area (Å²) in [6.45, 7) is 6.57. The number of carbonyl (C=O) groups excluding carboxylic acids is 1. The molecular formula is C27H33N7O2. The lowest BCUT2D eigenvalue weighted by Crippen LogP contribution is -2.43. The van der Waals surface area contributed by atoms with E-state index < -0.39 is 0 Å². The fourth-order valence-electron chi connectivity index (χ4n) is 4.96. The highest BCUT2D eigenvalue weighted by atomic mass is 16.5. The summed E-state index contributed by atoms with van der Waals surface area (Å²) in [6.07, 6.45) is 8.29. The number of fused-ring (bicyclic) bond motifs is 1. The molecular weight excluding hydrogens is 454 g/mol. The lowest BCUT2D eigenvalue weighted by molar-refractivity contribution is 0.0724. The number of pyridine rings is 1. The van der Waals surface area contributed by atoms with Gasteiger partial charge in [-0.2, -0.15) is 5.10 Å². The topological polar surface area (TPSA) is 92.8 Å². The Morgan fingerprint density at radius 3 is 2.64 bits per heavy atom. The van der Waals surface area contributed by atoms with Crippen molar-refractivity contribution in [2.75, 3.05) is 20.7 Å². The van der Waals surface area contributed by atoms with Gasteiger partial charge in [-0.25, -0.2) is 0 Å². The van der Waals surface area contributed by atoms with Crippen LogP contribution in [0.5, 0.6) is 5.75 Å². The van der Waals surface area contributed by atoms with E-state index >= 15 is 0 Å². The number of methoxy groups -OCH3 is 1. The van der Waals surface area contributed by atoms with Crippen LogP contribution in [0, 0.1) is 6.92 Å². The summed E-state index contributed by atoms with van der Waals surface area (Å²) in [5.74, 6) is 0.751. The molecule has 1 aromatic carbocycles. The summed E-state index contributed by atoms with van der Waals surface area (Å²) >= 11 is 0. The summed E-state index contributed by atoms with van der Waals surface area (Å²) in [5, 5.41) is 4.67. The molecule has 36 heavy (non-hydrogen) atoms. The quantitative estimate of drug-likeness (QED) is 0.548. The summed E-state index contributed by atoms with van der Waals surface area (Å²) in [5.41, 5.74) is 13.1. The Balaban J connectivity index is 1.53. The molecule has 1 unspecified atom stereocenters. The van der Waals surface area contributed by atoms with Crippen molar-refractivity contribution in [3.05, 3.63) is 77.1 Å². The predicted molar refractivity (Wildman–Crippen MR) is 138 cm³/mol. The van der Waals surface area contributed by atoms with Crippen LogP contribution in [-0.2, 0) is 26.1 Å². The average Bonchev–Trinajstić information content (AvgIpc) is 3.42. The van der Waals surface area contributed by atoms with Crippen molar-refractivity contribution in [1.29, 1.82) is 0 Å². The van der Waals surface area contributed by atoms with Crippen molar-refractivity contribution in [2.45, 2.75) is 46.2 Å². The van der Waals surface area contributed by atoms with Gasteiger partial charge in [0.15, 0.2) is 6.29 Å². The van der Waals surface area contributed by atoms with E-state index in [0.717, 1.165) is 57.9 Å². The molecule has 9 heteroatoms. The maximum atomic E-state index is 13.8. The van der Waals surface area contributed by atoms with Crippen molar-refractivity contribution < 1.29 is 9.53 Å². The average molecular weight is 488 g/mol. The van der Waals surface area contributed by atoms with Crippen molar-refractivity contribution in [2.24, 2.45) is 5.73 Å². The first-order valence-electron chi connectivity index (χ1n) is 12.3. The largest absolute Gasteiger partial charge is 0.497 e. The Bertz CT molecular complexity index is 1320. The second-order valence-corrected chi connectivity index (χ2v) is 9.37. The van der Waals surface area contributed by atoms with Gasteiger partial charge in [0.25, 0.3) is 5.91 Å². The molecule has 4 heterocycles. The van der Waals surface area contributed by atoms with Gasteiger partial charge >= 0.3 is 0 Å². The van der Waals surface area contributed by atoms with Crippen LogP contribution in [0.3, 0.4) is 0 Å². The highest BCUT2D eigenvalue weighted by molar-refractivity contribution is 5.99. The number of aryl methyl sites for hydroxylation is 2. The smallest absolute Gasteiger partial charge is 0.254 e. The Kier molecular flexibility index (Phi) is 6.40. The van der Waals surface area contributed by atoms with Crippen LogP contribution in [0.4, 0.5) is 0 Å². The van der Waals surface area contributed by atoms with Crippen LogP contribution in [0.1, 0.15) is 39.8 Å². The van der Waals surface area contributed by atoms with E-state index in [4.69, 9.17) is 10.5 Å². The van der Waals surface area contributed by atoms with Crippen LogP contribution in [0.15, 0.2) is 49.1 Å². The van der Waals surface area contributed by atoms with E-state index in [9.17, 15) is 4.79 Å². The molecule has 2 aromatic heterocycles. The summed E-state index contributed by atoms with van der Waals surface area (Å²) in [4.78, 5) is 24.1. The number of hydrogen-bond donors (Lipinski definition) is 1. The second-order valence-electron chi connectivity index (χ2n) is 9.37. The summed E-state index contributed by atoms with van der Waals surface area (Å²) < 4.78 is 7.28. The number of nitrogens with two attached hydrogens (primary N) is 1. The van der Waals surface area contributed by atoms with Gasteiger partial charge in [-0.1, -0.05) is 0 Å². The monoisotopic (exact) mass is 487 g/mol. The number of ether oxygens (including phenoxy) is 1. The fourth-order valence-corrected chi connectivity index (χ4v) is 4.96. The SMILES string of the molecule is CCn1cc(-c2cc(CN3C=CN(C)C3N)cc3c2CCN(Cc2cc(OC)ccn2)C3=O)c(C)n1. The molecule has 9 nitrogen and oxygen atoms in total. The maximum Gasteiger partial charge on any atom is 0.254 e. The minimum atomic E-state index is -0.236. The highest BCUT2D eigenvalue weighted by Crippen LogP contribution is 2.34. The molecule has 0 spiro atoms. The maximum absolute atomic E-state index is 13.8. The molecule has 188 valence electrons. The van der Waals surface area contributed by atoms with Crippen molar-refractivity contribution in [3.8, 4) is 16.9 Å². The molecule has 2 aliphatic rings. The fraction of sp³-hybridized carbons (Fsp3) is 0.370. The van der Waals surface area contributed by atoms with Crippen molar-refractivity contribution in [1.82, 2.24) is 29.5 Å². The standard InChI is InChI=1S/C27H33N7O2/c1-5-34-17-25(18(2)30-34)23-12-19(15-33-11-10-31(3)27(33)28)13-24-22(23)7-9-32(26(24)35)16-20-14-21(36-4)6-8-29-20/h6,8,10-14,17,27H,5,7,9,15-16,28H2,1-4H3. The van der Waals surface area contributed by atoms with Gasteiger partial charge in [-0.3, -0.25) is 20.2 Å². The third-order valence-electron chi connectivity index (χ3n) is 7.01. The van der Waals surface area contributed by atoms with E-state index in [1.54, 1.807) is 13.3 Å². The minimum Gasteiger partial charge on any atom is -0.497 e. The van der Waals surface area contributed by atoms with Gasteiger partial charge in [-0.05, 0) is 55.2 Å². The normalized spacial score (nSPS) is 17.2. The van der Waals surface area contributed by atoms with Crippen molar-refractivity contribution in [3.63, 3.8) is 0 Å². The zero-order valence-electron chi connectivity index (χ0n) is 21.3. The molecule has 2 aliphatic heterocycles. The number of benzene rings is 1. The van der Waals surface area contributed by atoms with Crippen LogP contribution in [-0.4, -0.2) is 62.4 Å². The van der Waals surface area contributed by atoms with Crippen LogP contribution in [0.25, 0.3) is 11.1 Å². The van der Waals surface area contributed by atoms with Gasteiger partial charge in [0.2, 0.25) is 0 Å². The molecule has 1 amide bonds. The molecule has 0 bridgehead atoms. The van der Waals surface area contributed by atoms with Gasteiger partial charge in [0.1, 0.15) is 5.75 Å². The molecule has 0 saturated carbocycles.